The van der Waals surface area contributed by atoms with Crippen molar-refractivity contribution in [3.63, 3.8) is 0 Å². The Kier molecular flexibility index (Phi) is 10.4. The standard InChI is InChI=1S/C32H34N2O4.C2H6/c1-6-38-27-14-11-24(12-15-27)23-9-7-22(8-10-23)21-34(29(35)20-32(2,3)4)30-28-16-13-26(31(36)37-5)19-25(28)17-18-33-30;1-2/h7-19H,6,20-21H2,1-5H3;1-2H3. The summed E-state index contributed by atoms with van der Waals surface area (Å²) < 4.78 is 10.4. The van der Waals surface area contributed by atoms with E-state index in [2.05, 4.69) is 17.1 Å². The summed E-state index contributed by atoms with van der Waals surface area (Å²) in [6.07, 6.45) is 2.04. The summed E-state index contributed by atoms with van der Waals surface area (Å²) >= 11 is 0. The van der Waals surface area contributed by atoms with Crippen LogP contribution < -0.4 is 9.64 Å². The number of esters is 1. The van der Waals surface area contributed by atoms with Crippen molar-refractivity contribution in [2.75, 3.05) is 18.6 Å². The molecule has 0 radical (unpaired) electrons. The number of anilines is 1. The first-order chi connectivity index (χ1) is 19.2. The van der Waals surface area contributed by atoms with Crippen molar-refractivity contribution in [3.05, 3.63) is 90.1 Å². The highest BCUT2D eigenvalue weighted by Gasteiger charge is 2.25. The maximum absolute atomic E-state index is 13.6. The molecule has 4 aromatic rings. The zero-order chi connectivity index (χ0) is 29.3. The number of carbonyl (C=O) groups excluding carboxylic acids is 2. The van der Waals surface area contributed by atoms with Crippen LogP contribution in [-0.2, 0) is 16.1 Å². The van der Waals surface area contributed by atoms with Crippen LogP contribution in [0, 0.1) is 5.41 Å². The number of aromatic nitrogens is 1. The van der Waals surface area contributed by atoms with Crippen LogP contribution in [0.4, 0.5) is 5.82 Å². The van der Waals surface area contributed by atoms with E-state index < -0.39 is 5.97 Å². The van der Waals surface area contributed by atoms with Gasteiger partial charge in [0.2, 0.25) is 5.91 Å². The first-order valence-electron chi connectivity index (χ1n) is 13.8. The lowest BCUT2D eigenvalue weighted by atomic mass is 9.91. The van der Waals surface area contributed by atoms with E-state index in [0.29, 0.717) is 31.0 Å². The quantitative estimate of drug-likeness (QED) is 0.211. The smallest absolute Gasteiger partial charge is 0.337 e. The fraction of sp³-hybridized carbons (Fsp3) is 0.324. The topological polar surface area (TPSA) is 68.7 Å². The van der Waals surface area contributed by atoms with Crippen molar-refractivity contribution in [1.82, 2.24) is 4.98 Å². The summed E-state index contributed by atoms with van der Waals surface area (Å²) in [5.41, 5.74) is 3.44. The molecule has 0 saturated heterocycles. The van der Waals surface area contributed by atoms with E-state index in [0.717, 1.165) is 33.2 Å². The molecule has 0 aliphatic carbocycles. The van der Waals surface area contributed by atoms with Gasteiger partial charge in [-0.05, 0) is 70.8 Å². The van der Waals surface area contributed by atoms with Gasteiger partial charge in [-0.25, -0.2) is 9.78 Å². The Bertz CT molecular complexity index is 1420. The lowest BCUT2D eigenvalue weighted by Gasteiger charge is -2.27. The molecule has 0 N–H and O–H groups in total. The second kappa shape index (κ2) is 13.7. The number of hydrogen-bond donors (Lipinski definition) is 0. The number of benzene rings is 3. The van der Waals surface area contributed by atoms with Crippen LogP contribution in [0.15, 0.2) is 79.0 Å². The molecule has 0 unspecified atom stereocenters. The first kappa shape index (κ1) is 30.4. The summed E-state index contributed by atoms with van der Waals surface area (Å²) in [6, 6.07) is 23.4. The van der Waals surface area contributed by atoms with Gasteiger partial charge in [-0.3, -0.25) is 9.69 Å². The summed E-state index contributed by atoms with van der Waals surface area (Å²) in [4.78, 5) is 32.0. The fourth-order valence-corrected chi connectivity index (χ4v) is 4.35. The van der Waals surface area contributed by atoms with Gasteiger partial charge in [0.05, 0.1) is 25.8 Å². The van der Waals surface area contributed by atoms with Gasteiger partial charge in [0.1, 0.15) is 11.6 Å². The number of rotatable bonds is 8. The number of ether oxygens (including phenoxy) is 2. The molecular weight excluding hydrogens is 500 g/mol. The Balaban J connectivity index is 0.00000216. The lowest BCUT2D eigenvalue weighted by Crippen LogP contribution is -2.34. The largest absolute Gasteiger partial charge is 0.494 e. The molecule has 4 rings (SSSR count). The van der Waals surface area contributed by atoms with Gasteiger partial charge in [-0.15, -0.1) is 0 Å². The van der Waals surface area contributed by atoms with Crippen molar-refractivity contribution in [1.29, 1.82) is 0 Å². The Morgan fingerprint density at radius 1 is 0.875 bits per heavy atom. The normalized spacial score (nSPS) is 10.9. The predicted octanol–water partition coefficient (Wildman–Crippen LogP) is 8.08. The van der Waals surface area contributed by atoms with Crippen molar-refractivity contribution >= 4 is 28.5 Å². The molecule has 6 nitrogen and oxygen atoms in total. The van der Waals surface area contributed by atoms with Crippen LogP contribution in [0.25, 0.3) is 21.9 Å². The van der Waals surface area contributed by atoms with Crippen LogP contribution in [-0.4, -0.2) is 30.6 Å². The maximum atomic E-state index is 13.6. The summed E-state index contributed by atoms with van der Waals surface area (Å²) in [6.45, 7) is 13.1. The van der Waals surface area contributed by atoms with Gasteiger partial charge in [-0.1, -0.05) is 71.0 Å². The minimum Gasteiger partial charge on any atom is -0.494 e. The van der Waals surface area contributed by atoms with E-state index in [1.807, 2.05) is 90.1 Å². The second-order valence-corrected chi connectivity index (χ2v) is 10.4. The van der Waals surface area contributed by atoms with E-state index in [-0.39, 0.29) is 11.3 Å². The number of amides is 1. The molecule has 6 heteroatoms. The number of nitrogens with zero attached hydrogens (tertiary/aromatic N) is 2. The van der Waals surface area contributed by atoms with E-state index in [1.165, 1.54) is 7.11 Å². The Morgan fingerprint density at radius 3 is 2.08 bits per heavy atom. The lowest BCUT2D eigenvalue weighted by molar-refractivity contribution is -0.120. The second-order valence-electron chi connectivity index (χ2n) is 10.4. The Morgan fingerprint density at radius 2 is 1.50 bits per heavy atom. The van der Waals surface area contributed by atoms with Crippen molar-refractivity contribution < 1.29 is 19.1 Å². The Hall–Kier alpha value is -4.19. The van der Waals surface area contributed by atoms with Crippen LogP contribution in [0.1, 0.15) is 63.9 Å². The molecule has 1 amide bonds. The average molecular weight is 541 g/mol. The number of methoxy groups -OCH3 is 1. The molecule has 3 aromatic carbocycles. The third kappa shape index (κ3) is 7.69. The fourth-order valence-electron chi connectivity index (χ4n) is 4.35. The van der Waals surface area contributed by atoms with Gasteiger partial charge in [0, 0.05) is 18.0 Å². The third-order valence-electron chi connectivity index (χ3n) is 6.20. The van der Waals surface area contributed by atoms with Crippen LogP contribution >= 0.6 is 0 Å². The molecule has 0 aliphatic rings. The highest BCUT2D eigenvalue weighted by Crippen LogP contribution is 2.30. The van der Waals surface area contributed by atoms with E-state index in [4.69, 9.17) is 9.47 Å². The predicted molar refractivity (Wildman–Crippen MR) is 163 cm³/mol. The summed E-state index contributed by atoms with van der Waals surface area (Å²) in [5.74, 6) is 1.01. The van der Waals surface area contributed by atoms with E-state index in [9.17, 15) is 9.59 Å². The highest BCUT2D eigenvalue weighted by atomic mass is 16.5. The van der Waals surface area contributed by atoms with Gasteiger partial charge >= 0.3 is 5.97 Å². The highest BCUT2D eigenvalue weighted by molar-refractivity contribution is 6.04. The van der Waals surface area contributed by atoms with Crippen LogP contribution in [0.3, 0.4) is 0 Å². The van der Waals surface area contributed by atoms with Crippen molar-refractivity contribution in [3.8, 4) is 16.9 Å². The van der Waals surface area contributed by atoms with Gasteiger partial charge in [0.15, 0.2) is 0 Å². The molecule has 0 bridgehead atoms. The molecule has 0 fully saturated rings. The average Bonchev–Trinajstić information content (AvgIpc) is 2.96. The minimum atomic E-state index is -0.404. The maximum Gasteiger partial charge on any atom is 0.337 e. The van der Waals surface area contributed by atoms with Gasteiger partial charge < -0.3 is 9.47 Å². The molecule has 0 atom stereocenters. The molecule has 210 valence electrons. The Labute approximate surface area is 238 Å². The molecular formula is C34H40N2O4. The minimum absolute atomic E-state index is 0.00914. The monoisotopic (exact) mass is 540 g/mol. The number of hydrogen-bond acceptors (Lipinski definition) is 5. The molecule has 0 spiro atoms. The van der Waals surface area contributed by atoms with Crippen molar-refractivity contribution in [2.45, 2.75) is 54.5 Å². The third-order valence-corrected chi connectivity index (χ3v) is 6.20. The molecule has 1 heterocycles. The number of fused-ring (bicyclic) bond motifs is 1. The van der Waals surface area contributed by atoms with Crippen molar-refractivity contribution in [2.24, 2.45) is 5.41 Å². The van der Waals surface area contributed by atoms with E-state index in [1.54, 1.807) is 23.2 Å². The van der Waals surface area contributed by atoms with E-state index >= 15 is 0 Å². The molecule has 1 aromatic heterocycles. The number of carbonyl (C=O) groups is 2. The zero-order valence-electron chi connectivity index (χ0n) is 24.7. The number of pyridine rings is 1. The summed E-state index contributed by atoms with van der Waals surface area (Å²) in [5, 5.41) is 1.62. The van der Waals surface area contributed by atoms with Gasteiger partial charge in [-0.2, -0.15) is 0 Å². The SMILES string of the molecule is CC.CCOc1ccc(-c2ccc(CN(C(=O)CC(C)(C)C)c3nccc4cc(C(=O)OC)ccc34)cc2)cc1. The van der Waals surface area contributed by atoms with Crippen LogP contribution in [0.5, 0.6) is 5.75 Å². The van der Waals surface area contributed by atoms with Crippen LogP contribution in [0.2, 0.25) is 0 Å². The summed E-state index contributed by atoms with van der Waals surface area (Å²) in [7, 11) is 1.36. The zero-order valence-corrected chi connectivity index (χ0v) is 24.7. The molecule has 40 heavy (non-hydrogen) atoms. The van der Waals surface area contributed by atoms with Gasteiger partial charge in [0.25, 0.3) is 0 Å². The molecule has 0 saturated carbocycles. The molecule has 0 aliphatic heterocycles. The first-order valence-corrected chi connectivity index (χ1v) is 13.8.